The molecule has 5 nitrogen and oxygen atoms in total. The number of likely N-dealkylation sites (tertiary alicyclic amines) is 1. The number of guanidine groups is 1. The van der Waals surface area contributed by atoms with Crippen molar-refractivity contribution in [1.29, 1.82) is 0 Å². The number of rotatable bonds is 3. The summed E-state index contributed by atoms with van der Waals surface area (Å²) in [6.45, 7) is 1.93. The van der Waals surface area contributed by atoms with Crippen molar-refractivity contribution in [1.82, 2.24) is 10.2 Å². The molecule has 0 spiro atoms. The topological polar surface area (TPSA) is 70.7 Å². The quantitative estimate of drug-likeness (QED) is 0.441. The summed E-state index contributed by atoms with van der Waals surface area (Å²) in [6, 6.07) is 0.597. The minimum atomic E-state index is -0.191. The smallest absolute Gasteiger partial charge is 0.217 e. The number of piperidine rings is 1. The molecule has 1 aliphatic carbocycles. The lowest BCUT2D eigenvalue weighted by Gasteiger charge is -2.37. The van der Waals surface area contributed by atoms with Crippen molar-refractivity contribution in [3.63, 3.8) is 0 Å². The molecule has 0 bridgehead atoms. The maximum atomic E-state index is 11.0. The maximum Gasteiger partial charge on any atom is 0.217 e. The molecule has 2 fully saturated rings. The number of nitrogens with one attached hydrogen (secondary N) is 1. The molecule has 1 heterocycles. The third kappa shape index (κ3) is 4.81. The van der Waals surface area contributed by atoms with E-state index in [-0.39, 0.29) is 29.9 Å². The van der Waals surface area contributed by atoms with E-state index in [1.165, 1.54) is 19.3 Å². The lowest BCUT2D eigenvalue weighted by Crippen LogP contribution is -2.51. The van der Waals surface area contributed by atoms with Gasteiger partial charge in [-0.25, -0.2) is 0 Å². The van der Waals surface area contributed by atoms with Gasteiger partial charge in [-0.1, -0.05) is 0 Å². The van der Waals surface area contributed by atoms with Gasteiger partial charge in [0.15, 0.2) is 5.96 Å². The molecule has 1 saturated heterocycles. The second-order valence-electron chi connectivity index (χ2n) is 5.44. The fraction of sp³-hybridized carbons (Fsp3) is 0.846. The van der Waals surface area contributed by atoms with Crippen LogP contribution in [0.3, 0.4) is 0 Å². The molecular weight excluding hydrogens is 355 g/mol. The van der Waals surface area contributed by atoms with E-state index >= 15 is 0 Å². The first kappa shape index (κ1) is 16.5. The largest absolute Gasteiger partial charge is 0.370 e. The van der Waals surface area contributed by atoms with E-state index in [9.17, 15) is 4.79 Å². The monoisotopic (exact) mass is 380 g/mol. The summed E-state index contributed by atoms with van der Waals surface area (Å²) in [5, 5.41) is 3.51. The van der Waals surface area contributed by atoms with Gasteiger partial charge in [-0.2, -0.15) is 0 Å². The number of nitrogens with two attached hydrogens (primary N) is 1. The summed E-state index contributed by atoms with van der Waals surface area (Å²) in [7, 11) is 1.83. The predicted octanol–water partition coefficient (Wildman–Crippen LogP) is 1.32. The van der Waals surface area contributed by atoms with Crippen molar-refractivity contribution in [2.45, 2.75) is 44.6 Å². The molecular formula is C13H25IN4O. The van der Waals surface area contributed by atoms with Crippen LogP contribution in [-0.2, 0) is 4.79 Å². The van der Waals surface area contributed by atoms with E-state index in [0.29, 0.717) is 18.4 Å². The number of carbonyl (C=O) groups excluding carboxylic acids is 1. The van der Waals surface area contributed by atoms with Gasteiger partial charge in [0.2, 0.25) is 5.91 Å². The third-order valence-corrected chi connectivity index (χ3v) is 3.96. The van der Waals surface area contributed by atoms with Gasteiger partial charge in [0.25, 0.3) is 0 Å². The highest BCUT2D eigenvalue weighted by Crippen LogP contribution is 2.21. The lowest BCUT2D eigenvalue weighted by atomic mass is 9.93. The number of carbonyl (C=O) groups is 1. The van der Waals surface area contributed by atoms with Gasteiger partial charge in [0, 0.05) is 32.6 Å². The summed E-state index contributed by atoms with van der Waals surface area (Å²) in [5.41, 5.74) is 5.29. The molecule has 0 aromatic rings. The van der Waals surface area contributed by atoms with Gasteiger partial charge in [-0.05, 0) is 38.0 Å². The molecule has 110 valence electrons. The fourth-order valence-corrected chi connectivity index (χ4v) is 2.74. The van der Waals surface area contributed by atoms with E-state index in [1.54, 1.807) is 0 Å². The van der Waals surface area contributed by atoms with E-state index < -0.39 is 0 Å². The summed E-state index contributed by atoms with van der Waals surface area (Å²) < 4.78 is 0. The van der Waals surface area contributed by atoms with Crippen LogP contribution in [0, 0.1) is 5.92 Å². The summed E-state index contributed by atoms with van der Waals surface area (Å²) in [6.07, 6.45) is 6.52. The third-order valence-electron chi connectivity index (χ3n) is 3.96. The first-order valence-electron chi connectivity index (χ1n) is 6.95. The van der Waals surface area contributed by atoms with E-state index in [1.807, 2.05) is 7.05 Å². The van der Waals surface area contributed by atoms with Crippen molar-refractivity contribution in [2.24, 2.45) is 16.6 Å². The molecule has 0 aromatic carbocycles. The van der Waals surface area contributed by atoms with Gasteiger partial charge in [0.05, 0.1) is 0 Å². The molecule has 1 unspecified atom stereocenters. The molecule has 1 saturated carbocycles. The number of nitrogens with zero attached hydrogens (tertiary/aromatic N) is 2. The highest BCUT2D eigenvalue weighted by atomic mass is 127. The molecule has 1 aliphatic heterocycles. The van der Waals surface area contributed by atoms with Crippen molar-refractivity contribution >= 4 is 35.8 Å². The molecule has 1 atom stereocenters. The average molecular weight is 380 g/mol. The molecule has 1 amide bonds. The predicted molar refractivity (Wildman–Crippen MR) is 87.7 cm³/mol. The first-order valence-corrected chi connectivity index (χ1v) is 6.95. The molecule has 0 aromatic heterocycles. The highest BCUT2D eigenvalue weighted by molar-refractivity contribution is 14.0. The van der Waals surface area contributed by atoms with Gasteiger partial charge in [-0.15, -0.1) is 24.0 Å². The fourth-order valence-electron chi connectivity index (χ4n) is 2.74. The van der Waals surface area contributed by atoms with Crippen LogP contribution in [0.2, 0.25) is 0 Å². The Morgan fingerprint density at radius 3 is 2.63 bits per heavy atom. The summed E-state index contributed by atoms with van der Waals surface area (Å²) >= 11 is 0. The van der Waals surface area contributed by atoms with Gasteiger partial charge in [-0.3, -0.25) is 9.79 Å². The van der Waals surface area contributed by atoms with Gasteiger partial charge in [0.1, 0.15) is 0 Å². The van der Waals surface area contributed by atoms with Crippen molar-refractivity contribution in [3.8, 4) is 0 Å². The normalized spacial score (nSPS) is 24.4. The van der Waals surface area contributed by atoms with Crippen LogP contribution >= 0.6 is 24.0 Å². The average Bonchev–Trinajstić information content (AvgIpc) is 2.27. The second-order valence-corrected chi connectivity index (χ2v) is 5.44. The highest BCUT2D eigenvalue weighted by Gasteiger charge is 2.26. The zero-order valence-corrected chi connectivity index (χ0v) is 13.9. The molecule has 6 heteroatoms. The second kappa shape index (κ2) is 7.91. The molecule has 19 heavy (non-hydrogen) atoms. The Morgan fingerprint density at radius 1 is 1.37 bits per heavy atom. The number of hydrogen-bond acceptors (Lipinski definition) is 2. The zero-order chi connectivity index (χ0) is 13.0. The van der Waals surface area contributed by atoms with Gasteiger partial charge >= 0.3 is 0 Å². The molecule has 3 N–H and O–H groups in total. The standard InChI is InChI=1S/C13H24N4O.HI/c1-15-13(16-11-5-2-6-11)17-7-3-4-10(9-17)8-12(14)18;/h10-11H,2-9H2,1H3,(H2,14,18)(H,15,16);1H. The Bertz CT molecular complexity index is 331. The van der Waals surface area contributed by atoms with E-state index in [0.717, 1.165) is 31.9 Å². The Hall–Kier alpha value is -0.530. The van der Waals surface area contributed by atoms with Crippen molar-refractivity contribution in [3.05, 3.63) is 0 Å². The van der Waals surface area contributed by atoms with Crippen LogP contribution in [0.1, 0.15) is 38.5 Å². The van der Waals surface area contributed by atoms with Crippen LogP contribution in [0.25, 0.3) is 0 Å². The Kier molecular flexibility index (Phi) is 6.88. The maximum absolute atomic E-state index is 11.0. The van der Waals surface area contributed by atoms with Crippen LogP contribution < -0.4 is 11.1 Å². The van der Waals surface area contributed by atoms with E-state index in [4.69, 9.17) is 5.73 Å². The lowest BCUT2D eigenvalue weighted by molar-refractivity contribution is -0.119. The molecule has 2 aliphatic rings. The van der Waals surface area contributed by atoms with Crippen molar-refractivity contribution < 1.29 is 4.79 Å². The minimum Gasteiger partial charge on any atom is -0.370 e. The van der Waals surface area contributed by atoms with Gasteiger partial charge < -0.3 is 16.0 Å². The zero-order valence-electron chi connectivity index (χ0n) is 11.6. The van der Waals surface area contributed by atoms with Crippen LogP contribution in [0.4, 0.5) is 0 Å². The Labute approximate surface area is 132 Å². The molecule has 2 rings (SSSR count). The summed E-state index contributed by atoms with van der Waals surface area (Å²) in [5.74, 6) is 1.19. The summed E-state index contributed by atoms with van der Waals surface area (Å²) in [4.78, 5) is 17.6. The number of aliphatic imine (C=N–C) groups is 1. The number of amides is 1. The van der Waals surface area contributed by atoms with Crippen LogP contribution in [0.5, 0.6) is 0 Å². The number of hydrogen-bond donors (Lipinski definition) is 2. The SMILES string of the molecule is CN=C(NC1CCC1)N1CCCC(CC(N)=O)C1.I. The van der Waals surface area contributed by atoms with Crippen LogP contribution in [0.15, 0.2) is 4.99 Å². The van der Waals surface area contributed by atoms with Crippen molar-refractivity contribution in [2.75, 3.05) is 20.1 Å². The minimum absolute atomic E-state index is 0. The molecule has 0 radical (unpaired) electrons. The van der Waals surface area contributed by atoms with E-state index in [2.05, 4.69) is 15.2 Å². The Morgan fingerprint density at radius 2 is 2.11 bits per heavy atom. The number of halogens is 1. The number of primary amides is 1. The van der Waals surface area contributed by atoms with Crippen LogP contribution in [-0.4, -0.2) is 42.9 Å². The first-order chi connectivity index (χ1) is 8.69. The Balaban J connectivity index is 0.00000180.